The van der Waals surface area contributed by atoms with Crippen LogP contribution >= 0.6 is 11.6 Å². The Morgan fingerprint density at radius 1 is 0.971 bits per heavy atom. The third kappa shape index (κ3) is 3.81. The van der Waals surface area contributed by atoms with E-state index in [1.165, 1.54) is 12.1 Å². The molecule has 0 unspecified atom stereocenters. The lowest BCUT2D eigenvalue weighted by atomic mass is 10.0. The molecule has 0 bridgehead atoms. The molecular formula is C25H17ClN2O5S. The standard InChI is InChI=1S/C25H17ClN2O5S/c26-17-11-9-16(10-12-17)22-15-20(18-5-1-3-7-21(18)27-22)25(30)33-14-13-28-24(29)19-6-2-4-8-23(19)34(28,31)32/h1-12,15H,13-14H2. The second-order valence-electron chi connectivity index (χ2n) is 7.59. The van der Waals surface area contributed by atoms with Gasteiger partial charge < -0.3 is 4.74 Å². The largest absolute Gasteiger partial charge is 0.460 e. The lowest BCUT2D eigenvalue weighted by Crippen LogP contribution is -2.33. The summed E-state index contributed by atoms with van der Waals surface area (Å²) >= 11 is 5.98. The average molecular weight is 493 g/mol. The number of aromatic nitrogens is 1. The third-order valence-electron chi connectivity index (χ3n) is 5.52. The first-order valence-corrected chi connectivity index (χ1v) is 12.2. The van der Waals surface area contributed by atoms with Crippen LogP contribution in [0.25, 0.3) is 22.2 Å². The molecule has 3 aromatic carbocycles. The molecule has 0 saturated heterocycles. The molecular weight excluding hydrogens is 476 g/mol. The first-order chi connectivity index (χ1) is 16.4. The molecule has 0 spiro atoms. The van der Waals surface area contributed by atoms with Gasteiger partial charge in [0.05, 0.1) is 28.9 Å². The summed E-state index contributed by atoms with van der Waals surface area (Å²) in [5.41, 5.74) is 2.34. The molecule has 0 saturated carbocycles. The molecule has 7 nitrogen and oxygen atoms in total. The summed E-state index contributed by atoms with van der Waals surface area (Å²) in [6.45, 7) is -0.570. The van der Waals surface area contributed by atoms with Gasteiger partial charge in [0.15, 0.2) is 0 Å². The number of ether oxygens (including phenoxy) is 1. The number of rotatable bonds is 5. The quantitative estimate of drug-likeness (QED) is 0.379. The monoisotopic (exact) mass is 492 g/mol. The first-order valence-electron chi connectivity index (χ1n) is 10.4. The topological polar surface area (TPSA) is 93.6 Å². The molecule has 1 amide bonds. The molecule has 0 aliphatic carbocycles. The molecule has 4 aromatic rings. The molecule has 1 aliphatic heterocycles. The van der Waals surface area contributed by atoms with Crippen molar-refractivity contribution in [2.24, 2.45) is 0 Å². The van der Waals surface area contributed by atoms with Crippen LogP contribution in [-0.4, -0.2) is 42.7 Å². The number of hydrogen-bond donors (Lipinski definition) is 0. The summed E-state index contributed by atoms with van der Waals surface area (Å²) in [5.74, 6) is -1.28. The van der Waals surface area contributed by atoms with Crippen LogP contribution in [0.4, 0.5) is 0 Å². The predicted octanol–water partition coefficient (Wildman–Crippen LogP) is 4.56. The molecule has 0 fully saturated rings. The van der Waals surface area contributed by atoms with E-state index < -0.39 is 21.9 Å². The second kappa shape index (κ2) is 8.55. The predicted molar refractivity (Wildman–Crippen MR) is 127 cm³/mol. The van der Waals surface area contributed by atoms with E-state index in [-0.39, 0.29) is 29.2 Å². The molecule has 0 atom stereocenters. The van der Waals surface area contributed by atoms with Gasteiger partial charge in [0.1, 0.15) is 11.5 Å². The van der Waals surface area contributed by atoms with Gasteiger partial charge in [-0.25, -0.2) is 22.5 Å². The summed E-state index contributed by atoms with van der Waals surface area (Å²) in [6, 6.07) is 21.9. The Labute approximate surface area is 200 Å². The van der Waals surface area contributed by atoms with E-state index in [1.54, 1.807) is 60.7 Å². The zero-order valence-corrected chi connectivity index (χ0v) is 19.2. The number of pyridine rings is 1. The minimum absolute atomic E-state index is 0.0425. The summed E-state index contributed by atoms with van der Waals surface area (Å²) < 4.78 is 31.5. The van der Waals surface area contributed by atoms with Crippen molar-refractivity contribution >= 4 is 44.4 Å². The van der Waals surface area contributed by atoms with Crippen molar-refractivity contribution in [3.05, 3.63) is 95.0 Å². The van der Waals surface area contributed by atoms with Crippen LogP contribution in [0, 0.1) is 0 Å². The molecule has 2 heterocycles. The van der Waals surface area contributed by atoms with Crippen molar-refractivity contribution in [3.8, 4) is 11.3 Å². The number of para-hydroxylation sites is 1. The highest BCUT2D eigenvalue weighted by molar-refractivity contribution is 7.90. The normalized spacial score (nSPS) is 14.3. The van der Waals surface area contributed by atoms with Gasteiger partial charge in [-0.2, -0.15) is 0 Å². The van der Waals surface area contributed by atoms with Gasteiger partial charge in [0.25, 0.3) is 15.9 Å². The van der Waals surface area contributed by atoms with Crippen molar-refractivity contribution in [1.82, 2.24) is 9.29 Å². The number of sulfonamides is 1. The van der Waals surface area contributed by atoms with Crippen LogP contribution < -0.4 is 0 Å². The van der Waals surface area contributed by atoms with Gasteiger partial charge in [-0.1, -0.05) is 54.1 Å². The Kier molecular flexibility index (Phi) is 5.55. The van der Waals surface area contributed by atoms with Gasteiger partial charge >= 0.3 is 5.97 Å². The van der Waals surface area contributed by atoms with Crippen molar-refractivity contribution in [3.63, 3.8) is 0 Å². The Bertz CT molecular complexity index is 1550. The number of carbonyl (C=O) groups is 2. The molecule has 1 aliphatic rings. The van der Waals surface area contributed by atoms with Crippen LogP contribution in [0.2, 0.25) is 5.02 Å². The van der Waals surface area contributed by atoms with Crippen molar-refractivity contribution in [2.75, 3.05) is 13.2 Å². The van der Waals surface area contributed by atoms with Crippen molar-refractivity contribution < 1.29 is 22.7 Å². The minimum atomic E-state index is -3.97. The van der Waals surface area contributed by atoms with E-state index in [9.17, 15) is 18.0 Å². The number of carbonyl (C=O) groups excluding carboxylic acids is 2. The van der Waals surface area contributed by atoms with E-state index >= 15 is 0 Å². The van der Waals surface area contributed by atoms with E-state index in [0.717, 1.165) is 9.87 Å². The SMILES string of the molecule is O=C(OCCN1C(=O)c2ccccc2S1(=O)=O)c1cc(-c2ccc(Cl)cc2)nc2ccccc12. The van der Waals surface area contributed by atoms with Crippen molar-refractivity contribution in [2.45, 2.75) is 4.90 Å². The Hall–Kier alpha value is -3.75. The Morgan fingerprint density at radius 3 is 2.44 bits per heavy atom. The smallest absolute Gasteiger partial charge is 0.338 e. The summed E-state index contributed by atoms with van der Waals surface area (Å²) in [7, 11) is -3.97. The Balaban J connectivity index is 1.39. The number of fused-ring (bicyclic) bond motifs is 2. The fourth-order valence-corrected chi connectivity index (χ4v) is 5.54. The van der Waals surface area contributed by atoms with Gasteiger partial charge in [-0.05, 0) is 36.4 Å². The zero-order valence-electron chi connectivity index (χ0n) is 17.6. The summed E-state index contributed by atoms with van der Waals surface area (Å²) in [6.07, 6.45) is 0. The molecule has 9 heteroatoms. The van der Waals surface area contributed by atoms with E-state index in [2.05, 4.69) is 4.98 Å². The molecule has 1 aromatic heterocycles. The van der Waals surface area contributed by atoms with Gasteiger partial charge in [-0.3, -0.25) is 4.79 Å². The number of hydrogen-bond acceptors (Lipinski definition) is 6. The third-order valence-corrected chi connectivity index (χ3v) is 7.61. The fraction of sp³-hybridized carbons (Fsp3) is 0.0800. The first kappa shape index (κ1) is 22.1. The molecule has 0 N–H and O–H groups in total. The van der Waals surface area contributed by atoms with E-state index in [0.29, 0.717) is 21.6 Å². The summed E-state index contributed by atoms with van der Waals surface area (Å²) in [4.78, 5) is 30.1. The van der Waals surface area contributed by atoms with Gasteiger partial charge in [-0.15, -0.1) is 0 Å². The lowest BCUT2D eigenvalue weighted by Gasteiger charge is -2.15. The molecule has 0 radical (unpaired) electrons. The molecule has 5 rings (SSSR count). The minimum Gasteiger partial charge on any atom is -0.460 e. The number of nitrogens with zero attached hydrogens (tertiary/aromatic N) is 2. The highest BCUT2D eigenvalue weighted by Gasteiger charge is 2.40. The van der Waals surface area contributed by atoms with Gasteiger partial charge in [0.2, 0.25) is 0 Å². The van der Waals surface area contributed by atoms with E-state index in [1.807, 2.05) is 6.07 Å². The van der Waals surface area contributed by atoms with Crippen LogP contribution in [0.1, 0.15) is 20.7 Å². The number of amides is 1. The number of halogens is 1. The van der Waals surface area contributed by atoms with Crippen molar-refractivity contribution in [1.29, 1.82) is 0 Å². The highest BCUT2D eigenvalue weighted by Crippen LogP contribution is 2.30. The number of esters is 1. The maximum Gasteiger partial charge on any atom is 0.338 e. The van der Waals surface area contributed by atoms with Gasteiger partial charge in [0, 0.05) is 16.0 Å². The fourth-order valence-electron chi connectivity index (χ4n) is 3.86. The number of benzene rings is 3. The second-order valence-corrected chi connectivity index (χ2v) is 9.86. The molecule has 34 heavy (non-hydrogen) atoms. The Morgan fingerprint density at radius 2 is 1.68 bits per heavy atom. The summed E-state index contributed by atoms with van der Waals surface area (Å²) in [5, 5.41) is 1.18. The molecule has 170 valence electrons. The maximum absolute atomic E-state index is 13.0. The maximum atomic E-state index is 13.0. The lowest BCUT2D eigenvalue weighted by molar-refractivity contribution is 0.0480. The van der Waals surface area contributed by atoms with Crippen LogP contribution in [0.15, 0.2) is 83.8 Å². The van der Waals surface area contributed by atoms with Crippen LogP contribution in [-0.2, 0) is 14.8 Å². The zero-order chi connectivity index (χ0) is 23.9. The average Bonchev–Trinajstić information content (AvgIpc) is 3.04. The van der Waals surface area contributed by atoms with E-state index in [4.69, 9.17) is 16.3 Å². The highest BCUT2D eigenvalue weighted by atomic mass is 35.5. The van der Waals surface area contributed by atoms with Crippen LogP contribution in [0.3, 0.4) is 0 Å². The van der Waals surface area contributed by atoms with Crippen LogP contribution in [0.5, 0.6) is 0 Å².